The minimum absolute atomic E-state index is 0.208. The SMILES string of the molecule is Cc1nc(C)c(C#Cc2cccc3cc([C@H](C)NC(=O)c4c(C)nn5cccnc45)n(-c4ccccc4)c(=O)c23)s1. The number of para-hydroxylation sites is 1. The molecule has 0 radical (unpaired) electrons. The highest BCUT2D eigenvalue weighted by atomic mass is 32.1. The molecule has 41 heavy (non-hydrogen) atoms. The molecule has 8 nitrogen and oxygen atoms in total. The first-order valence-corrected chi connectivity index (χ1v) is 13.9. The standard InChI is InChI=1S/C32H26N6O2S/c1-19(35-31(39)28-21(3)36-37-17-9-16-33-30(28)37)26-18-24-11-8-10-23(14-15-27-20(2)34-22(4)41-27)29(24)32(40)38(26)25-12-6-5-7-13-25/h5-13,16-19H,1-4H3,(H,35,39)/t19-/m0/s1. The van der Waals surface area contributed by atoms with Crippen molar-refractivity contribution in [1.29, 1.82) is 0 Å². The van der Waals surface area contributed by atoms with Crippen molar-refractivity contribution in [1.82, 2.24) is 29.5 Å². The summed E-state index contributed by atoms with van der Waals surface area (Å²) in [7, 11) is 0. The van der Waals surface area contributed by atoms with Gasteiger partial charge >= 0.3 is 0 Å². The Morgan fingerprint density at radius 1 is 1.00 bits per heavy atom. The quantitative estimate of drug-likeness (QED) is 0.296. The summed E-state index contributed by atoms with van der Waals surface area (Å²) in [5.74, 6) is 6.12. The van der Waals surface area contributed by atoms with Gasteiger partial charge in [0.2, 0.25) is 0 Å². The van der Waals surface area contributed by atoms with Crippen molar-refractivity contribution in [3.8, 4) is 17.5 Å². The van der Waals surface area contributed by atoms with Crippen molar-refractivity contribution >= 4 is 33.7 Å². The van der Waals surface area contributed by atoms with Gasteiger partial charge in [-0.15, -0.1) is 11.3 Å². The number of aryl methyl sites for hydroxylation is 3. The fourth-order valence-corrected chi connectivity index (χ4v) is 5.80. The third kappa shape index (κ3) is 4.79. The smallest absolute Gasteiger partial charge is 0.264 e. The first kappa shape index (κ1) is 26.2. The Morgan fingerprint density at radius 3 is 2.56 bits per heavy atom. The van der Waals surface area contributed by atoms with Gasteiger partial charge in [-0.3, -0.25) is 14.2 Å². The van der Waals surface area contributed by atoms with Crippen LogP contribution in [0, 0.1) is 32.6 Å². The lowest BCUT2D eigenvalue weighted by atomic mass is 10.0. The van der Waals surface area contributed by atoms with Crippen LogP contribution in [-0.2, 0) is 0 Å². The number of amides is 1. The van der Waals surface area contributed by atoms with Crippen LogP contribution in [0.15, 0.2) is 77.9 Å². The second kappa shape index (κ2) is 10.5. The second-order valence-electron chi connectivity index (χ2n) is 9.76. The molecule has 0 aliphatic carbocycles. The molecule has 0 saturated carbocycles. The van der Waals surface area contributed by atoms with Crippen LogP contribution in [0.4, 0.5) is 0 Å². The molecule has 0 aliphatic heterocycles. The largest absolute Gasteiger partial charge is 0.344 e. The molecular weight excluding hydrogens is 532 g/mol. The fraction of sp³-hybridized carbons (Fsp3) is 0.156. The van der Waals surface area contributed by atoms with Crippen LogP contribution >= 0.6 is 11.3 Å². The molecule has 0 bridgehead atoms. The molecule has 9 heteroatoms. The van der Waals surface area contributed by atoms with E-state index in [1.54, 1.807) is 34.5 Å². The summed E-state index contributed by atoms with van der Waals surface area (Å²) in [4.78, 5) is 37.4. The van der Waals surface area contributed by atoms with Gasteiger partial charge in [-0.1, -0.05) is 36.3 Å². The lowest BCUT2D eigenvalue weighted by Gasteiger charge is -2.21. The Kier molecular flexibility index (Phi) is 6.69. The number of fused-ring (bicyclic) bond motifs is 2. The molecular formula is C32H26N6O2S. The van der Waals surface area contributed by atoms with Gasteiger partial charge in [0.05, 0.1) is 27.8 Å². The first-order valence-electron chi connectivity index (χ1n) is 13.1. The van der Waals surface area contributed by atoms with E-state index in [1.807, 2.05) is 75.4 Å². The molecule has 1 atom stereocenters. The molecule has 6 rings (SSSR count). The lowest BCUT2D eigenvalue weighted by Crippen LogP contribution is -2.32. The lowest BCUT2D eigenvalue weighted by molar-refractivity contribution is 0.0939. The molecule has 202 valence electrons. The topological polar surface area (TPSA) is 94.2 Å². The average molecular weight is 559 g/mol. The Labute approximate surface area is 240 Å². The number of nitrogens with one attached hydrogen (secondary N) is 1. The number of carbonyl (C=O) groups is 1. The zero-order valence-electron chi connectivity index (χ0n) is 23.0. The van der Waals surface area contributed by atoms with Gasteiger partial charge in [0.15, 0.2) is 5.65 Å². The highest BCUT2D eigenvalue weighted by molar-refractivity contribution is 7.12. The van der Waals surface area contributed by atoms with Crippen molar-refractivity contribution in [2.45, 2.75) is 33.7 Å². The Hall–Kier alpha value is -5.07. The number of thiazole rings is 1. The predicted molar refractivity (Wildman–Crippen MR) is 161 cm³/mol. The monoisotopic (exact) mass is 558 g/mol. The van der Waals surface area contributed by atoms with E-state index in [2.05, 4.69) is 32.2 Å². The van der Waals surface area contributed by atoms with Crippen LogP contribution in [0.5, 0.6) is 0 Å². The molecule has 0 spiro atoms. The molecule has 6 aromatic rings. The van der Waals surface area contributed by atoms with Gasteiger partial charge < -0.3 is 5.32 Å². The number of aromatic nitrogens is 5. The summed E-state index contributed by atoms with van der Waals surface area (Å²) >= 11 is 1.54. The molecule has 0 aliphatic rings. The molecule has 2 aromatic carbocycles. The average Bonchev–Trinajstić information content (AvgIpc) is 3.48. The number of benzene rings is 2. The van der Waals surface area contributed by atoms with E-state index in [-0.39, 0.29) is 11.5 Å². The second-order valence-corrected chi connectivity index (χ2v) is 11.0. The van der Waals surface area contributed by atoms with E-state index in [4.69, 9.17) is 0 Å². The Bertz CT molecular complexity index is 2080. The van der Waals surface area contributed by atoms with Crippen molar-refractivity contribution in [3.05, 3.63) is 122 Å². The van der Waals surface area contributed by atoms with Gasteiger partial charge in [0, 0.05) is 29.3 Å². The van der Waals surface area contributed by atoms with E-state index in [9.17, 15) is 9.59 Å². The van der Waals surface area contributed by atoms with Crippen molar-refractivity contribution in [2.75, 3.05) is 0 Å². The van der Waals surface area contributed by atoms with Crippen LogP contribution in [0.3, 0.4) is 0 Å². The maximum absolute atomic E-state index is 14.3. The van der Waals surface area contributed by atoms with E-state index < -0.39 is 6.04 Å². The van der Waals surface area contributed by atoms with Crippen LogP contribution in [0.1, 0.15) is 55.9 Å². The van der Waals surface area contributed by atoms with Crippen LogP contribution in [-0.4, -0.2) is 30.1 Å². The minimum atomic E-state index is -0.518. The molecule has 1 N–H and O–H groups in total. The first-order chi connectivity index (χ1) is 19.8. The van der Waals surface area contributed by atoms with Crippen molar-refractivity contribution in [3.63, 3.8) is 0 Å². The summed E-state index contributed by atoms with van der Waals surface area (Å²) in [5.41, 5.74) is 4.09. The number of hydrogen-bond donors (Lipinski definition) is 1. The van der Waals surface area contributed by atoms with Crippen LogP contribution in [0.2, 0.25) is 0 Å². The van der Waals surface area contributed by atoms with Crippen LogP contribution < -0.4 is 10.9 Å². The zero-order valence-corrected chi connectivity index (χ0v) is 23.8. The molecule has 4 heterocycles. The van der Waals surface area contributed by atoms with Crippen molar-refractivity contribution in [2.24, 2.45) is 0 Å². The van der Waals surface area contributed by atoms with E-state index >= 15 is 0 Å². The van der Waals surface area contributed by atoms with E-state index in [1.165, 1.54) is 11.3 Å². The molecule has 0 unspecified atom stereocenters. The summed E-state index contributed by atoms with van der Waals surface area (Å²) in [6, 6.07) is 18.3. The molecule has 0 saturated heterocycles. The fourth-order valence-electron chi connectivity index (χ4n) is 5.02. The Balaban J connectivity index is 1.48. The maximum atomic E-state index is 14.3. The van der Waals surface area contributed by atoms with Gasteiger partial charge in [0.1, 0.15) is 10.4 Å². The highest BCUT2D eigenvalue weighted by Gasteiger charge is 2.23. The third-order valence-corrected chi connectivity index (χ3v) is 7.88. The van der Waals surface area contributed by atoms with Gasteiger partial charge in [-0.2, -0.15) is 5.10 Å². The number of hydrogen-bond acceptors (Lipinski definition) is 6. The normalized spacial score (nSPS) is 11.8. The zero-order chi connectivity index (χ0) is 28.7. The Morgan fingerprint density at radius 2 is 1.80 bits per heavy atom. The minimum Gasteiger partial charge on any atom is -0.344 e. The van der Waals surface area contributed by atoms with E-state index in [0.717, 1.165) is 21.0 Å². The van der Waals surface area contributed by atoms with Gasteiger partial charge in [-0.05, 0) is 69.3 Å². The van der Waals surface area contributed by atoms with Gasteiger partial charge in [0.25, 0.3) is 11.5 Å². The molecule has 1 amide bonds. The predicted octanol–water partition coefficient (Wildman–Crippen LogP) is 5.31. The van der Waals surface area contributed by atoms with Crippen LogP contribution in [0.25, 0.3) is 22.1 Å². The number of rotatable bonds is 4. The highest BCUT2D eigenvalue weighted by Crippen LogP contribution is 2.24. The summed E-state index contributed by atoms with van der Waals surface area (Å²) in [5, 5.41) is 9.71. The maximum Gasteiger partial charge on any atom is 0.264 e. The molecule has 0 fully saturated rings. The number of carbonyl (C=O) groups excluding carboxylic acids is 1. The summed E-state index contributed by atoms with van der Waals surface area (Å²) < 4.78 is 3.24. The number of nitrogens with zero attached hydrogens (tertiary/aromatic N) is 5. The van der Waals surface area contributed by atoms with Crippen molar-refractivity contribution < 1.29 is 4.79 Å². The number of pyridine rings is 1. The third-order valence-electron chi connectivity index (χ3n) is 6.89. The summed E-state index contributed by atoms with van der Waals surface area (Å²) in [6.45, 7) is 7.53. The van der Waals surface area contributed by atoms with Gasteiger partial charge in [-0.25, -0.2) is 14.5 Å². The molecule has 4 aromatic heterocycles. The summed E-state index contributed by atoms with van der Waals surface area (Å²) in [6.07, 6.45) is 3.38. The van der Waals surface area contributed by atoms with E-state index in [0.29, 0.717) is 39.2 Å².